The molecule has 0 saturated carbocycles. The fourth-order valence-electron chi connectivity index (χ4n) is 3.28. The smallest absolute Gasteiger partial charge is 0.262 e. The van der Waals surface area contributed by atoms with E-state index in [9.17, 15) is 22.8 Å². The number of hydrogen-bond acceptors (Lipinski definition) is 6. The van der Waals surface area contributed by atoms with Gasteiger partial charge in [-0.1, -0.05) is 18.2 Å². The average Bonchev–Trinajstić information content (AvgIpc) is 2.94. The largest absolute Gasteiger partial charge is 0.324 e. The van der Waals surface area contributed by atoms with Crippen molar-refractivity contribution >= 4 is 45.0 Å². The second kappa shape index (κ2) is 8.61. The summed E-state index contributed by atoms with van der Waals surface area (Å²) in [5.41, 5.74) is 1.55. The van der Waals surface area contributed by atoms with Gasteiger partial charge in [-0.15, -0.1) is 0 Å². The third-order valence-electron chi connectivity index (χ3n) is 4.93. The molecule has 1 aliphatic heterocycles. The molecule has 2 aromatic carbocycles. The van der Waals surface area contributed by atoms with Gasteiger partial charge in [-0.25, -0.2) is 8.42 Å². The van der Waals surface area contributed by atoms with Crippen LogP contribution in [0.15, 0.2) is 47.4 Å². The van der Waals surface area contributed by atoms with Gasteiger partial charge in [0.05, 0.1) is 16.0 Å². The molecule has 30 heavy (non-hydrogen) atoms. The molecule has 1 atom stereocenters. The Morgan fingerprint density at radius 1 is 1.10 bits per heavy atom. The Morgan fingerprint density at radius 2 is 1.70 bits per heavy atom. The van der Waals surface area contributed by atoms with Crippen LogP contribution < -0.4 is 5.32 Å². The van der Waals surface area contributed by atoms with Gasteiger partial charge in [0.2, 0.25) is 5.91 Å². The Labute approximate surface area is 179 Å². The van der Waals surface area contributed by atoms with Crippen molar-refractivity contribution in [3.8, 4) is 0 Å². The molecule has 7 nitrogen and oxygen atoms in total. The number of aryl methyl sites for hydroxylation is 1. The minimum atomic E-state index is -3.46. The Balaban J connectivity index is 1.93. The number of amides is 3. The normalized spacial score (nSPS) is 14.6. The molecule has 3 amide bonds. The van der Waals surface area contributed by atoms with Gasteiger partial charge in [0, 0.05) is 11.9 Å². The van der Waals surface area contributed by atoms with Crippen molar-refractivity contribution in [3.63, 3.8) is 0 Å². The Kier molecular flexibility index (Phi) is 6.33. The van der Waals surface area contributed by atoms with Gasteiger partial charge in [-0.05, 0) is 55.2 Å². The molecule has 0 fully saturated rings. The van der Waals surface area contributed by atoms with E-state index >= 15 is 0 Å². The number of hydrogen-bond donors (Lipinski definition) is 1. The molecule has 9 heteroatoms. The summed E-state index contributed by atoms with van der Waals surface area (Å²) in [5, 5.41) is 2.72. The Bertz CT molecular complexity index is 1090. The molecule has 158 valence electrons. The van der Waals surface area contributed by atoms with E-state index in [1.54, 1.807) is 37.3 Å². The highest BCUT2D eigenvalue weighted by molar-refractivity contribution is 7.98. The second-order valence-corrected chi connectivity index (χ2v) is 10.1. The van der Waals surface area contributed by atoms with Crippen LogP contribution in [0.5, 0.6) is 0 Å². The molecule has 0 aromatic heterocycles. The van der Waals surface area contributed by atoms with E-state index in [1.165, 1.54) is 23.9 Å². The minimum absolute atomic E-state index is 0.0739. The summed E-state index contributed by atoms with van der Waals surface area (Å²) in [5.74, 6) is -0.974. The van der Waals surface area contributed by atoms with Crippen LogP contribution in [0.1, 0.15) is 32.7 Å². The number of sulfone groups is 1. The summed E-state index contributed by atoms with van der Waals surface area (Å²) in [6.45, 7) is 1.74. The van der Waals surface area contributed by atoms with Crippen molar-refractivity contribution in [2.45, 2.75) is 24.3 Å². The first-order valence-corrected chi connectivity index (χ1v) is 12.5. The van der Waals surface area contributed by atoms with Gasteiger partial charge in [0.15, 0.2) is 9.84 Å². The molecule has 0 saturated heterocycles. The van der Waals surface area contributed by atoms with Gasteiger partial charge in [0.25, 0.3) is 11.8 Å². The number of benzene rings is 2. The van der Waals surface area contributed by atoms with Gasteiger partial charge in [-0.2, -0.15) is 11.8 Å². The van der Waals surface area contributed by atoms with Crippen molar-refractivity contribution in [2.24, 2.45) is 0 Å². The molecule has 0 bridgehead atoms. The van der Waals surface area contributed by atoms with Gasteiger partial charge in [-0.3, -0.25) is 19.3 Å². The van der Waals surface area contributed by atoms with Crippen LogP contribution in [-0.2, 0) is 14.6 Å². The Hall–Kier alpha value is -2.65. The monoisotopic (exact) mass is 446 g/mol. The molecule has 0 unspecified atom stereocenters. The molecule has 1 aliphatic rings. The summed E-state index contributed by atoms with van der Waals surface area (Å²) < 4.78 is 23.7. The molecule has 1 heterocycles. The van der Waals surface area contributed by atoms with E-state index < -0.39 is 33.6 Å². The lowest BCUT2D eigenvalue weighted by molar-refractivity contribution is -0.120. The summed E-state index contributed by atoms with van der Waals surface area (Å²) in [6.07, 6.45) is 3.24. The highest BCUT2D eigenvalue weighted by atomic mass is 32.2. The molecule has 0 spiro atoms. The number of nitrogens with one attached hydrogen (secondary N) is 1. The predicted molar refractivity (Wildman–Crippen MR) is 117 cm³/mol. The van der Waals surface area contributed by atoms with Crippen LogP contribution in [0.25, 0.3) is 0 Å². The topological polar surface area (TPSA) is 101 Å². The highest BCUT2D eigenvalue weighted by Gasteiger charge is 2.42. The quantitative estimate of drug-likeness (QED) is 0.657. The van der Waals surface area contributed by atoms with Crippen molar-refractivity contribution in [1.29, 1.82) is 0 Å². The molecule has 2 aromatic rings. The van der Waals surface area contributed by atoms with Crippen molar-refractivity contribution < 1.29 is 22.8 Å². The van der Waals surface area contributed by atoms with Crippen LogP contribution in [0.3, 0.4) is 0 Å². The molecule has 1 N–H and O–H groups in total. The van der Waals surface area contributed by atoms with E-state index in [4.69, 9.17) is 0 Å². The van der Waals surface area contributed by atoms with E-state index in [-0.39, 0.29) is 22.4 Å². The van der Waals surface area contributed by atoms with E-state index in [2.05, 4.69) is 5.32 Å². The predicted octanol–water partition coefficient (Wildman–Crippen LogP) is 2.75. The zero-order valence-corrected chi connectivity index (χ0v) is 18.5. The third-order valence-corrected chi connectivity index (χ3v) is 6.68. The van der Waals surface area contributed by atoms with Crippen molar-refractivity contribution in [3.05, 3.63) is 59.2 Å². The number of carbonyl (C=O) groups excluding carboxylic acids is 3. The maximum absolute atomic E-state index is 13.1. The van der Waals surface area contributed by atoms with Crippen molar-refractivity contribution in [2.75, 3.05) is 23.6 Å². The number of rotatable bonds is 7. The number of anilines is 1. The first kappa shape index (κ1) is 22.0. The van der Waals surface area contributed by atoms with Crippen LogP contribution in [0.4, 0.5) is 5.69 Å². The fourth-order valence-corrected chi connectivity index (χ4v) is 4.39. The summed E-state index contributed by atoms with van der Waals surface area (Å²) in [6, 6.07) is 9.93. The average molecular weight is 447 g/mol. The molecule has 0 radical (unpaired) electrons. The van der Waals surface area contributed by atoms with Gasteiger partial charge >= 0.3 is 0 Å². The second-order valence-electron chi connectivity index (χ2n) is 7.06. The van der Waals surface area contributed by atoms with Gasteiger partial charge < -0.3 is 5.32 Å². The SMILES string of the molecule is CSCC[C@@H](C(=O)Nc1cc(S(C)(=O)=O)ccc1C)N1C(=O)c2ccccc2C1=O. The third kappa shape index (κ3) is 4.27. The van der Waals surface area contributed by atoms with Crippen molar-refractivity contribution in [1.82, 2.24) is 4.90 Å². The number of nitrogens with zero attached hydrogens (tertiary/aromatic N) is 1. The van der Waals surface area contributed by atoms with Crippen LogP contribution in [-0.4, -0.2) is 55.3 Å². The van der Waals surface area contributed by atoms with Crippen LogP contribution in [0, 0.1) is 6.92 Å². The van der Waals surface area contributed by atoms with Crippen LogP contribution in [0.2, 0.25) is 0 Å². The summed E-state index contributed by atoms with van der Waals surface area (Å²) in [4.78, 5) is 39.9. The molecular formula is C21H22N2O5S2. The number of carbonyl (C=O) groups is 3. The lowest BCUT2D eigenvalue weighted by atomic mass is 10.1. The van der Waals surface area contributed by atoms with Gasteiger partial charge in [0.1, 0.15) is 6.04 Å². The first-order valence-electron chi connectivity index (χ1n) is 9.22. The molecule has 3 rings (SSSR count). The lowest BCUT2D eigenvalue weighted by Gasteiger charge is -2.25. The number of fused-ring (bicyclic) bond motifs is 1. The zero-order chi connectivity index (χ0) is 22.1. The fraction of sp³-hybridized carbons (Fsp3) is 0.286. The first-order chi connectivity index (χ1) is 14.1. The maximum atomic E-state index is 13.1. The maximum Gasteiger partial charge on any atom is 0.262 e. The number of imide groups is 1. The Morgan fingerprint density at radius 3 is 2.23 bits per heavy atom. The highest BCUT2D eigenvalue weighted by Crippen LogP contribution is 2.27. The van der Waals surface area contributed by atoms with E-state index in [0.717, 1.165) is 11.2 Å². The van der Waals surface area contributed by atoms with E-state index in [0.29, 0.717) is 17.0 Å². The van der Waals surface area contributed by atoms with Crippen LogP contribution >= 0.6 is 11.8 Å². The molecular weight excluding hydrogens is 424 g/mol. The lowest BCUT2D eigenvalue weighted by Crippen LogP contribution is -2.47. The van der Waals surface area contributed by atoms with E-state index in [1.807, 2.05) is 6.26 Å². The summed E-state index contributed by atoms with van der Waals surface area (Å²) in [7, 11) is -3.46. The molecule has 0 aliphatic carbocycles. The summed E-state index contributed by atoms with van der Waals surface area (Å²) >= 11 is 1.50. The standard InChI is InChI=1S/C21H22N2O5S2/c1-13-8-9-14(30(3,27)28)12-17(13)22-19(24)18(10-11-29-2)23-20(25)15-6-4-5-7-16(15)21(23)26/h4-9,12,18H,10-11H2,1-3H3,(H,22,24)/t18-/m0/s1. The zero-order valence-electron chi connectivity index (χ0n) is 16.8. The number of thioether (sulfide) groups is 1. The minimum Gasteiger partial charge on any atom is -0.324 e.